The first-order chi connectivity index (χ1) is 12.1. The van der Waals surface area contributed by atoms with E-state index < -0.39 is 10.0 Å². The van der Waals surface area contributed by atoms with Crippen LogP contribution >= 0.6 is 0 Å². The molecule has 0 bridgehead atoms. The van der Waals surface area contributed by atoms with Crippen molar-refractivity contribution in [3.63, 3.8) is 0 Å². The van der Waals surface area contributed by atoms with Crippen LogP contribution in [0, 0.1) is 0 Å². The highest BCUT2D eigenvalue weighted by Gasteiger charge is 2.26. The third-order valence-corrected chi connectivity index (χ3v) is 6.72. The number of rotatable bonds is 3. The minimum atomic E-state index is -3.53. The molecule has 1 aliphatic carbocycles. The van der Waals surface area contributed by atoms with Gasteiger partial charge in [-0.25, -0.2) is 8.42 Å². The van der Waals surface area contributed by atoms with E-state index in [1.165, 1.54) is 9.87 Å². The number of nitrogens with zero attached hydrogens (tertiary/aromatic N) is 1. The molecule has 0 amide bonds. The minimum absolute atomic E-state index is 0.474. The van der Waals surface area contributed by atoms with Gasteiger partial charge in [0, 0.05) is 7.05 Å². The van der Waals surface area contributed by atoms with E-state index in [2.05, 4.69) is 6.07 Å². The molecular formula is C21H19NO2S. The molecule has 0 saturated carbocycles. The van der Waals surface area contributed by atoms with Gasteiger partial charge in [0.2, 0.25) is 0 Å². The molecule has 25 heavy (non-hydrogen) atoms. The summed E-state index contributed by atoms with van der Waals surface area (Å²) < 4.78 is 27.6. The van der Waals surface area contributed by atoms with Gasteiger partial charge < -0.3 is 0 Å². The van der Waals surface area contributed by atoms with E-state index in [0.717, 1.165) is 22.8 Å². The van der Waals surface area contributed by atoms with Gasteiger partial charge in [0.1, 0.15) is 0 Å². The van der Waals surface area contributed by atoms with E-state index in [4.69, 9.17) is 0 Å². The van der Waals surface area contributed by atoms with Crippen LogP contribution in [-0.2, 0) is 16.4 Å². The summed E-state index contributed by atoms with van der Waals surface area (Å²) in [5.74, 6) is 0. The van der Waals surface area contributed by atoms with Crippen molar-refractivity contribution in [3.8, 4) is 0 Å². The molecule has 0 radical (unpaired) electrons. The zero-order valence-electron chi connectivity index (χ0n) is 14.0. The quantitative estimate of drug-likeness (QED) is 0.693. The molecule has 126 valence electrons. The van der Waals surface area contributed by atoms with Crippen LogP contribution in [0.4, 0.5) is 5.69 Å². The third-order valence-electron chi connectivity index (χ3n) is 4.80. The van der Waals surface area contributed by atoms with Gasteiger partial charge in [-0.3, -0.25) is 4.31 Å². The lowest BCUT2D eigenvalue weighted by Crippen LogP contribution is -2.28. The lowest BCUT2D eigenvalue weighted by atomic mass is 9.98. The van der Waals surface area contributed by atoms with Gasteiger partial charge in [-0.1, -0.05) is 54.6 Å². The van der Waals surface area contributed by atoms with Crippen LogP contribution in [0.1, 0.15) is 17.5 Å². The minimum Gasteiger partial charge on any atom is -0.270 e. The summed E-state index contributed by atoms with van der Waals surface area (Å²) >= 11 is 0. The zero-order chi connectivity index (χ0) is 17.4. The van der Waals surface area contributed by atoms with Crippen LogP contribution in [0.5, 0.6) is 0 Å². The Bertz CT molecular complexity index is 1080. The molecule has 3 aromatic rings. The van der Waals surface area contributed by atoms with Crippen molar-refractivity contribution in [2.75, 3.05) is 11.4 Å². The van der Waals surface area contributed by atoms with Crippen LogP contribution in [0.3, 0.4) is 0 Å². The summed E-state index contributed by atoms with van der Waals surface area (Å²) in [7, 11) is -1.91. The summed E-state index contributed by atoms with van der Waals surface area (Å²) in [4.78, 5) is 0.474. The molecule has 0 atom stereocenters. The Labute approximate surface area is 148 Å². The molecule has 1 aliphatic rings. The lowest BCUT2D eigenvalue weighted by Gasteiger charge is -2.24. The molecule has 3 nitrogen and oxygen atoms in total. The Kier molecular flexibility index (Phi) is 3.85. The summed E-state index contributed by atoms with van der Waals surface area (Å²) in [5.41, 5.74) is 2.88. The largest absolute Gasteiger partial charge is 0.270 e. The molecule has 0 N–H and O–H groups in total. The van der Waals surface area contributed by atoms with Gasteiger partial charge in [0.25, 0.3) is 10.0 Å². The van der Waals surface area contributed by atoms with E-state index in [0.29, 0.717) is 17.0 Å². The molecule has 4 rings (SSSR count). The molecule has 0 spiro atoms. The van der Waals surface area contributed by atoms with Gasteiger partial charge in [-0.15, -0.1) is 0 Å². The maximum absolute atomic E-state index is 13.1. The van der Waals surface area contributed by atoms with E-state index in [1.54, 1.807) is 7.05 Å². The molecule has 0 unspecified atom stereocenters. The number of fused-ring (bicyclic) bond motifs is 2. The molecule has 4 heteroatoms. The molecule has 3 aromatic carbocycles. The molecule has 0 heterocycles. The Morgan fingerprint density at radius 1 is 0.840 bits per heavy atom. The van der Waals surface area contributed by atoms with Gasteiger partial charge in [0.15, 0.2) is 0 Å². The summed E-state index contributed by atoms with van der Waals surface area (Å²) in [6.07, 6.45) is 3.11. The van der Waals surface area contributed by atoms with Crippen LogP contribution in [0.2, 0.25) is 0 Å². The predicted octanol–water partition coefficient (Wildman–Crippen LogP) is 4.59. The van der Waals surface area contributed by atoms with Crippen molar-refractivity contribution in [1.29, 1.82) is 0 Å². The number of allylic oxidation sites excluding steroid dienone is 1. The van der Waals surface area contributed by atoms with E-state index in [-0.39, 0.29) is 0 Å². The van der Waals surface area contributed by atoms with Gasteiger partial charge in [-0.2, -0.15) is 0 Å². The maximum atomic E-state index is 13.1. The summed E-state index contributed by atoms with van der Waals surface area (Å²) in [6, 6.07) is 21.7. The Morgan fingerprint density at radius 3 is 2.40 bits per heavy atom. The fourth-order valence-electron chi connectivity index (χ4n) is 3.30. The van der Waals surface area contributed by atoms with Crippen LogP contribution < -0.4 is 4.31 Å². The summed E-state index contributed by atoms with van der Waals surface area (Å²) in [6.45, 7) is 0. The molecule has 0 aromatic heterocycles. The van der Waals surface area contributed by atoms with E-state index in [9.17, 15) is 8.42 Å². The number of anilines is 1. The highest BCUT2D eigenvalue weighted by atomic mass is 32.2. The number of sulfonamides is 1. The molecular weight excluding hydrogens is 330 g/mol. The molecule has 0 fully saturated rings. The van der Waals surface area contributed by atoms with Crippen LogP contribution in [0.25, 0.3) is 16.8 Å². The fraction of sp³-hybridized carbons (Fsp3) is 0.143. The SMILES string of the molecule is CN(c1ccc2ccccc2c1)S(=O)(=O)C1=Cc2ccccc2CC1. The fourth-order valence-corrected chi connectivity index (χ4v) is 4.68. The molecule has 0 aliphatic heterocycles. The highest BCUT2D eigenvalue weighted by Crippen LogP contribution is 2.31. The number of hydrogen-bond acceptors (Lipinski definition) is 2. The van der Waals surface area contributed by atoms with Crippen molar-refractivity contribution in [1.82, 2.24) is 0 Å². The van der Waals surface area contributed by atoms with Crippen molar-refractivity contribution in [2.45, 2.75) is 12.8 Å². The third kappa shape index (κ3) is 2.83. The molecule has 0 saturated heterocycles. The Balaban J connectivity index is 1.73. The van der Waals surface area contributed by atoms with Gasteiger partial charge in [0.05, 0.1) is 10.6 Å². The average Bonchev–Trinajstić information content (AvgIpc) is 2.66. The number of benzene rings is 3. The number of hydrogen-bond donors (Lipinski definition) is 0. The first kappa shape index (κ1) is 15.9. The Hall–Kier alpha value is -2.59. The monoisotopic (exact) mass is 349 g/mol. The van der Waals surface area contributed by atoms with Crippen molar-refractivity contribution < 1.29 is 8.42 Å². The van der Waals surface area contributed by atoms with Crippen molar-refractivity contribution in [3.05, 3.63) is 82.8 Å². The Morgan fingerprint density at radius 2 is 1.56 bits per heavy atom. The highest BCUT2D eigenvalue weighted by molar-refractivity contribution is 7.96. The van der Waals surface area contributed by atoms with Crippen molar-refractivity contribution in [2.24, 2.45) is 0 Å². The first-order valence-corrected chi connectivity index (χ1v) is 9.76. The van der Waals surface area contributed by atoms with Crippen LogP contribution in [0.15, 0.2) is 71.6 Å². The first-order valence-electron chi connectivity index (χ1n) is 8.32. The topological polar surface area (TPSA) is 37.4 Å². The smallest absolute Gasteiger partial charge is 0.260 e. The number of aryl methyl sites for hydroxylation is 1. The van der Waals surface area contributed by atoms with Gasteiger partial charge >= 0.3 is 0 Å². The summed E-state index contributed by atoms with van der Waals surface area (Å²) in [5, 5.41) is 2.13. The van der Waals surface area contributed by atoms with Crippen LogP contribution in [-0.4, -0.2) is 15.5 Å². The standard InChI is InChI=1S/C21H19NO2S/c1-22(20-12-10-16-6-2-4-8-18(16)14-20)25(23,24)21-13-11-17-7-3-5-9-19(17)15-21/h2-10,12,14-15H,11,13H2,1H3. The zero-order valence-corrected chi connectivity index (χ0v) is 14.8. The van der Waals surface area contributed by atoms with E-state index >= 15 is 0 Å². The normalized spacial score (nSPS) is 14.0. The lowest BCUT2D eigenvalue weighted by molar-refractivity contribution is 0.598. The van der Waals surface area contributed by atoms with E-state index in [1.807, 2.05) is 66.7 Å². The van der Waals surface area contributed by atoms with Gasteiger partial charge in [-0.05, 0) is 52.9 Å². The second kappa shape index (κ2) is 6.05. The predicted molar refractivity (Wildman–Crippen MR) is 104 cm³/mol. The maximum Gasteiger partial charge on any atom is 0.260 e. The average molecular weight is 349 g/mol. The van der Waals surface area contributed by atoms with Crippen molar-refractivity contribution >= 4 is 32.6 Å². The second-order valence-electron chi connectivity index (χ2n) is 6.31. The second-order valence-corrected chi connectivity index (χ2v) is 8.34.